The highest BCUT2D eigenvalue weighted by Gasteiger charge is 2.94. The zero-order valence-corrected chi connectivity index (χ0v) is 12.1. The molecule has 0 aliphatic rings. The van der Waals surface area contributed by atoms with Crippen LogP contribution in [0.5, 0.6) is 0 Å². The second kappa shape index (κ2) is 6.61. The van der Waals surface area contributed by atoms with Gasteiger partial charge in [0.25, 0.3) is 0 Å². The molecule has 0 heterocycles. The third-order valence-corrected chi connectivity index (χ3v) is 2.75. The maximum absolute atomic E-state index is 13.0. The molecule has 0 saturated heterocycles. The topological polar surface area (TPSA) is 26.3 Å². The van der Waals surface area contributed by atoms with Crippen LogP contribution in [0.15, 0.2) is 0 Å². The molecule has 0 spiro atoms. The lowest BCUT2D eigenvalue weighted by atomic mass is 9.93. The molecule has 0 aliphatic heterocycles. The Morgan fingerprint density at radius 1 is 0.448 bits per heavy atom. The largest absolute Gasteiger partial charge is 0.491 e. The molecule has 0 unspecified atom stereocenters. The predicted octanol–water partition coefficient (Wildman–Crippen LogP) is 5.42. The third kappa shape index (κ3) is 3.84. The average Bonchev–Trinajstić information content (AvgIpc) is 2.43. The van der Waals surface area contributed by atoms with Crippen molar-refractivity contribution < 1.29 is 88.6 Å². The van der Waals surface area contributed by atoms with Gasteiger partial charge in [-0.05, 0) is 0 Å². The molecule has 0 aromatic heterocycles. The minimum Gasteiger partial charge on any atom is -0.389 e. The second-order valence-corrected chi connectivity index (χ2v) is 4.77. The van der Waals surface area contributed by atoms with Crippen LogP contribution in [0.4, 0.5) is 79.0 Å². The molecule has 0 N–H and O–H groups in total. The maximum atomic E-state index is 13.0. The zero-order chi connectivity index (χ0) is 24.3. The van der Waals surface area contributed by atoms with Crippen LogP contribution in [0.3, 0.4) is 0 Å². The van der Waals surface area contributed by atoms with Gasteiger partial charge in [-0.2, -0.15) is 79.0 Å². The summed E-state index contributed by atoms with van der Waals surface area (Å²) in [5.74, 6) is -47.0. The van der Waals surface area contributed by atoms with E-state index >= 15 is 0 Å². The summed E-state index contributed by atoms with van der Waals surface area (Å²) in [5, 5.41) is 0. The Kier molecular flexibility index (Phi) is 6.20. The Bertz CT molecular complexity index is 624. The van der Waals surface area contributed by atoms with E-state index < -0.39 is 54.0 Å². The number of hydrogen-bond donors (Lipinski definition) is 0. The van der Waals surface area contributed by atoms with E-state index in [9.17, 15) is 83.8 Å². The summed E-state index contributed by atoms with van der Waals surface area (Å²) in [6.07, 6.45) is -22.3. The number of alkyl halides is 18. The van der Waals surface area contributed by atoms with Gasteiger partial charge in [0.2, 0.25) is 0 Å². The highest BCUT2D eigenvalue weighted by molar-refractivity contribution is 5.75. The smallest absolute Gasteiger partial charge is 0.389 e. The molecule has 0 amide bonds. The quantitative estimate of drug-likeness (QED) is 0.374. The van der Waals surface area contributed by atoms with Crippen molar-refractivity contribution in [3.05, 3.63) is 0 Å². The van der Waals surface area contributed by atoms with Gasteiger partial charge in [0.05, 0.1) is 0 Å². The van der Waals surface area contributed by atoms with Crippen molar-refractivity contribution in [2.75, 3.05) is 0 Å². The molecule has 0 atom stereocenters. The Hall–Kier alpha value is -1.79. The van der Waals surface area contributed by atoms with Gasteiger partial charge in [-0.1, -0.05) is 0 Å². The Labute approximate surface area is 144 Å². The van der Waals surface area contributed by atoms with Crippen LogP contribution in [0.2, 0.25) is 0 Å². The van der Waals surface area contributed by atoms with Crippen molar-refractivity contribution in [3.8, 4) is 0 Å². The van der Waals surface area contributed by atoms with Crippen LogP contribution >= 0.6 is 0 Å². The van der Waals surface area contributed by atoms with Gasteiger partial charge in [0, 0.05) is 0 Å². The fraction of sp³-hybridized carbons (Fsp3) is 0.889. The van der Waals surface area contributed by atoms with Crippen molar-refractivity contribution in [2.24, 2.45) is 0 Å². The Morgan fingerprint density at radius 3 is 1.00 bits per heavy atom. The van der Waals surface area contributed by atoms with E-state index in [1.807, 2.05) is 0 Å². The van der Waals surface area contributed by atoms with Gasteiger partial charge in [-0.25, -0.2) is 4.79 Å². The van der Waals surface area contributed by atoms with E-state index in [1.54, 1.807) is 0 Å². The number of halogens is 18. The monoisotopic (exact) mass is 482 g/mol. The first-order chi connectivity index (χ1) is 12.1. The van der Waals surface area contributed by atoms with Crippen LogP contribution < -0.4 is 0 Å². The second-order valence-electron chi connectivity index (χ2n) is 4.77. The first-order valence-corrected chi connectivity index (χ1v) is 5.76. The van der Waals surface area contributed by atoms with E-state index in [1.165, 1.54) is 4.74 Å². The average molecular weight is 482 g/mol. The lowest BCUT2D eigenvalue weighted by molar-refractivity contribution is -0.469. The summed E-state index contributed by atoms with van der Waals surface area (Å²) in [4.78, 5) is 9.98. The number of ether oxygens (including phenoxy) is 1. The molecule has 0 saturated carbocycles. The van der Waals surface area contributed by atoms with Gasteiger partial charge < -0.3 is 4.74 Å². The number of esters is 1. The molecule has 0 fully saturated rings. The zero-order valence-electron chi connectivity index (χ0n) is 12.1. The van der Waals surface area contributed by atoms with Crippen molar-refractivity contribution in [3.63, 3.8) is 0 Å². The fourth-order valence-corrected chi connectivity index (χ4v) is 1.19. The Morgan fingerprint density at radius 2 is 0.724 bits per heavy atom. The van der Waals surface area contributed by atoms with E-state index in [0.29, 0.717) is 0 Å². The van der Waals surface area contributed by atoms with Gasteiger partial charge in [-0.15, -0.1) is 0 Å². The van der Waals surface area contributed by atoms with Crippen LogP contribution in [0.1, 0.15) is 0 Å². The summed E-state index contributed by atoms with van der Waals surface area (Å²) in [5.41, 5.74) is 0. The molecule has 20 heteroatoms. The van der Waals surface area contributed by atoms with Crippen LogP contribution in [-0.4, -0.2) is 54.0 Å². The first kappa shape index (κ1) is 27.2. The first-order valence-electron chi connectivity index (χ1n) is 5.76. The molecule has 0 bridgehead atoms. The molecular weight excluding hydrogens is 482 g/mol. The molecule has 0 aromatic rings. The molecule has 29 heavy (non-hydrogen) atoms. The summed E-state index contributed by atoms with van der Waals surface area (Å²) in [7, 11) is 0. The normalized spacial score (nSPS) is 16.1. The van der Waals surface area contributed by atoms with Crippen LogP contribution in [0.25, 0.3) is 0 Å². The number of carbonyl (C=O) groups is 1. The molecule has 0 aliphatic carbocycles. The van der Waals surface area contributed by atoms with Crippen molar-refractivity contribution in [2.45, 2.75) is 48.1 Å². The van der Waals surface area contributed by atoms with E-state index in [0.717, 1.165) is 0 Å². The third-order valence-electron chi connectivity index (χ3n) is 2.75. The summed E-state index contributed by atoms with van der Waals surface area (Å²) < 4.78 is 225. The van der Waals surface area contributed by atoms with Gasteiger partial charge >= 0.3 is 54.0 Å². The lowest BCUT2D eigenvalue weighted by Crippen LogP contribution is -2.73. The minimum absolute atomic E-state index is 1.50. The maximum Gasteiger partial charge on any atom is 0.491 e. The van der Waals surface area contributed by atoms with Crippen molar-refractivity contribution in [1.29, 1.82) is 0 Å². The van der Waals surface area contributed by atoms with Gasteiger partial charge in [-0.3, -0.25) is 0 Å². The fourth-order valence-electron chi connectivity index (χ4n) is 1.19. The summed E-state index contributed by atoms with van der Waals surface area (Å²) in [6, 6.07) is 0. The van der Waals surface area contributed by atoms with Gasteiger partial charge in [0.1, 0.15) is 0 Å². The number of hydrogen-bond acceptors (Lipinski definition) is 2. The Balaban J connectivity index is 6.47. The van der Waals surface area contributed by atoms with Gasteiger partial charge in [0.15, 0.2) is 0 Å². The molecule has 0 radical (unpaired) electrons. The molecular formula is C9F18O2. The van der Waals surface area contributed by atoms with Crippen molar-refractivity contribution >= 4 is 5.97 Å². The summed E-state index contributed by atoms with van der Waals surface area (Å²) >= 11 is 0. The highest BCUT2D eigenvalue weighted by atomic mass is 19.4. The molecule has 2 nitrogen and oxygen atoms in total. The lowest BCUT2D eigenvalue weighted by Gasteiger charge is -2.40. The van der Waals surface area contributed by atoms with E-state index in [-0.39, 0.29) is 0 Å². The highest BCUT2D eigenvalue weighted by Crippen LogP contribution is 2.62. The SMILES string of the molecule is O=C(OC(F)(F)C(F)(F)C(F)(F)C(F)(F)C(F)(F)C(F)(F)C(F)(F)F)C(F)(F)F. The predicted molar refractivity (Wildman–Crippen MR) is 47.9 cm³/mol. The number of carbonyl (C=O) groups excluding carboxylic acids is 1. The standard InChI is InChI=1S/C9F18O2/c10-2(11,12)1(28)29-9(26,27)7(21,22)5(17,18)3(13,14)4(15,16)6(19,20)8(23,24)25. The minimum atomic E-state index is -8.70. The van der Waals surface area contributed by atoms with Crippen LogP contribution in [-0.2, 0) is 9.53 Å². The molecule has 174 valence electrons. The van der Waals surface area contributed by atoms with Crippen LogP contribution in [0, 0.1) is 0 Å². The van der Waals surface area contributed by atoms with E-state index in [4.69, 9.17) is 0 Å². The van der Waals surface area contributed by atoms with E-state index in [2.05, 4.69) is 0 Å². The molecule has 0 rings (SSSR count). The molecule has 0 aromatic carbocycles. The summed E-state index contributed by atoms with van der Waals surface area (Å²) in [6.45, 7) is 0. The van der Waals surface area contributed by atoms with Crippen molar-refractivity contribution in [1.82, 2.24) is 0 Å². The number of rotatable bonds is 6.